The van der Waals surface area contributed by atoms with Crippen LogP contribution < -0.4 is 9.64 Å². The van der Waals surface area contributed by atoms with Gasteiger partial charge in [-0.2, -0.15) is 0 Å². The van der Waals surface area contributed by atoms with Crippen molar-refractivity contribution >= 4 is 22.6 Å². The molecule has 4 rings (SSSR count). The summed E-state index contributed by atoms with van der Waals surface area (Å²) in [6.07, 6.45) is 4.66. The minimum Gasteiger partial charge on any atom is -0.497 e. The smallest absolute Gasteiger partial charge is 0.309 e. The molecule has 1 aromatic heterocycles. The van der Waals surface area contributed by atoms with Gasteiger partial charge in [-0.25, -0.2) is 13.2 Å². The lowest BCUT2D eigenvalue weighted by Gasteiger charge is -2.38. The van der Waals surface area contributed by atoms with Crippen molar-refractivity contribution in [1.82, 2.24) is 9.88 Å². The number of methoxy groups -OCH3 is 1. The van der Waals surface area contributed by atoms with Crippen LogP contribution in [0.5, 0.6) is 5.75 Å². The highest BCUT2D eigenvalue weighted by Gasteiger charge is 2.40. The van der Waals surface area contributed by atoms with E-state index in [-0.39, 0.29) is 6.54 Å². The highest BCUT2D eigenvalue weighted by molar-refractivity contribution is 5.88. The Morgan fingerprint density at radius 2 is 1.85 bits per heavy atom. The third kappa shape index (κ3) is 6.28. The molecule has 1 saturated heterocycles. The highest BCUT2D eigenvalue weighted by atomic mass is 19.1. The summed E-state index contributed by atoms with van der Waals surface area (Å²) in [7, 11) is 5.55. The number of fused-ring (bicyclic) bond motifs is 1. The Labute approximate surface area is 226 Å². The van der Waals surface area contributed by atoms with E-state index in [0.29, 0.717) is 57.3 Å². The van der Waals surface area contributed by atoms with Crippen LogP contribution in [-0.4, -0.2) is 61.8 Å². The third-order valence-electron chi connectivity index (χ3n) is 7.52. The average molecular weight is 540 g/mol. The van der Waals surface area contributed by atoms with E-state index in [9.17, 15) is 23.1 Å². The first kappa shape index (κ1) is 28.2. The second-order valence-electron chi connectivity index (χ2n) is 10.2. The Morgan fingerprint density at radius 3 is 2.46 bits per heavy atom. The van der Waals surface area contributed by atoms with E-state index in [1.54, 1.807) is 7.11 Å². The summed E-state index contributed by atoms with van der Waals surface area (Å²) in [5.41, 5.74) is 1.64. The lowest BCUT2D eigenvalue weighted by atomic mass is 9.74. The van der Waals surface area contributed by atoms with Crippen molar-refractivity contribution in [3.63, 3.8) is 0 Å². The number of hydrogen-bond acceptors (Lipinski definition) is 5. The first-order chi connectivity index (χ1) is 18.6. The van der Waals surface area contributed by atoms with Crippen molar-refractivity contribution < 1.29 is 27.8 Å². The lowest BCUT2D eigenvalue weighted by molar-refractivity contribution is -0.152. The van der Waals surface area contributed by atoms with E-state index < -0.39 is 34.4 Å². The molecule has 0 spiro atoms. The molecule has 206 valence electrons. The van der Waals surface area contributed by atoms with E-state index in [0.717, 1.165) is 27.9 Å². The fraction of sp³-hybridized carbons (Fsp3) is 0.400. The number of piperidine rings is 1. The van der Waals surface area contributed by atoms with Crippen LogP contribution in [0.25, 0.3) is 10.9 Å². The number of hydrogen-bond donors (Lipinski definition) is 1. The maximum absolute atomic E-state index is 13.8. The Balaban J connectivity index is 1.42. The quantitative estimate of drug-likeness (QED) is 0.394. The van der Waals surface area contributed by atoms with Gasteiger partial charge in [-0.3, -0.25) is 14.7 Å². The van der Waals surface area contributed by atoms with Gasteiger partial charge in [0.05, 0.1) is 42.0 Å². The molecule has 2 aromatic carbocycles. The van der Waals surface area contributed by atoms with Gasteiger partial charge in [0, 0.05) is 44.7 Å². The zero-order chi connectivity index (χ0) is 28.2. The van der Waals surface area contributed by atoms with Gasteiger partial charge >= 0.3 is 5.97 Å². The van der Waals surface area contributed by atoms with Gasteiger partial charge in [0.15, 0.2) is 0 Å². The van der Waals surface area contributed by atoms with Crippen LogP contribution in [0.2, 0.25) is 0 Å². The number of aromatic nitrogens is 1. The van der Waals surface area contributed by atoms with E-state index in [1.807, 2.05) is 48.3 Å². The van der Waals surface area contributed by atoms with E-state index in [1.165, 1.54) is 0 Å². The van der Waals surface area contributed by atoms with Crippen molar-refractivity contribution in [2.75, 3.05) is 45.7 Å². The summed E-state index contributed by atoms with van der Waals surface area (Å²) >= 11 is 0. The molecule has 0 atom stereocenters. The van der Waals surface area contributed by atoms with Crippen LogP contribution in [0.3, 0.4) is 0 Å². The minimum absolute atomic E-state index is 0.239. The van der Waals surface area contributed by atoms with Crippen LogP contribution in [0.4, 0.5) is 18.9 Å². The lowest BCUT2D eigenvalue weighted by Crippen LogP contribution is -2.44. The van der Waals surface area contributed by atoms with Crippen molar-refractivity contribution in [2.24, 2.45) is 5.41 Å². The molecule has 2 heterocycles. The Hall–Kier alpha value is -3.77. The molecule has 0 saturated carbocycles. The molecule has 1 fully saturated rings. The maximum Gasteiger partial charge on any atom is 0.309 e. The zero-order valence-electron chi connectivity index (χ0n) is 22.4. The number of pyridine rings is 1. The number of carbonyl (C=O) groups is 1. The number of likely N-dealkylation sites (tertiary alicyclic amines) is 1. The van der Waals surface area contributed by atoms with Gasteiger partial charge < -0.3 is 14.7 Å². The molecule has 3 aromatic rings. The number of carboxylic acid groups (broad SMARTS) is 1. The number of ether oxygens (including phenoxy) is 1. The zero-order valence-corrected chi connectivity index (χ0v) is 22.4. The highest BCUT2D eigenvalue weighted by Crippen LogP contribution is 2.38. The van der Waals surface area contributed by atoms with E-state index in [2.05, 4.69) is 16.8 Å². The number of benzene rings is 2. The molecule has 0 radical (unpaired) electrons. The number of aryl methyl sites for hydroxylation is 1. The largest absolute Gasteiger partial charge is 0.497 e. The molecule has 39 heavy (non-hydrogen) atoms. The Morgan fingerprint density at radius 1 is 1.15 bits per heavy atom. The Bertz CT molecular complexity index is 1400. The topological polar surface area (TPSA) is 65.9 Å². The van der Waals surface area contributed by atoms with Gasteiger partial charge in [0.25, 0.3) is 0 Å². The third-order valence-corrected chi connectivity index (χ3v) is 7.52. The number of aliphatic carboxylic acids is 1. The standard InChI is InChI=1S/C30H32F3N3O3/c1-35(2)28-19-34-27-9-8-21(39-3)18-24(27)22(28)6-4-10-30(29(37)38)11-14-36(15-12-30)13-5-7-23-25(32)16-20(31)17-26(23)33/h8-9,16-19H,4,6,10-15H2,1-3H3,(H,37,38). The van der Waals surface area contributed by atoms with Crippen LogP contribution >= 0.6 is 0 Å². The summed E-state index contributed by atoms with van der Waals surface area (Å²) in [6, 6.07) is 6.97. The predicted molar refractivity (Wildman–Crippen MR) is 144 cm³/mol. The summed E-state index contributed by atoms with van der Waals surface area (Å²) in [5, 5.41) is 11.2. The molecule has 0 amide bonds. The summed E-state index contributed by atoms with van der Waals surface area (Å²) < 4.78 is 46.2. The van der Waals surface area contributed by atoms with Crippen LogP contribution in [0, 0.1) is 34.7 Å². The molecular weight excluding hydrogens is 507 g/mol. The second kappa shape index (κ2) is 12.0. The summed E-state index contributed by atoms with van der Waals surface area (Å²) in [4.78, 5) is 21.0. The van der Waals surface area contributed by atoms with Gasteiger partial charge in [0.2, 0.25) is 0 Å². The van der Waals surface area contributed by atoms with Crippen molar-refractivity contribution in [3.05, 3.63) is 65.1 Å². The van der Waals surface area contributed by atoms with Crippen LogP contribution in [-0.2, 0) is 11.2 Å². The van der Waals surface area contributed by atoms with Gasteiger partial charge in [0.1, 0.15) is 23.2 Å². The van der Waals surface area contributed by atoms with Crippen molar-refractivity contribution in [2.45, 2.75) is 32.1 Å². The monoisotopic (exact) mass is 539 g/mol. The number of anilines is 1. The second-order valence-corrected chi connectivity index (χ2v) is 10.2. The molecule has 1 N–H and O–H groups in total. The van der Waals surface area contributed by atoms with Crippen LogP contribution in [0.1, 0.15) is 36.8 Å². The average Bonchev–Trinajstić information content (AvgIpc) is 2.90. The summed E-state index contributed by atoms with van der Waals surface area (Å²) in [5.74, 6) is 2.05. The maximum atomic E-state index is 13.8. The molecule has 1 aliphatic rings. The minimum atomic E-state index is -1.04. The fourth-order valence-electron chi connectivity index (χ4n) is 5.21. The van der Waals surface area contributed by atoms with E-state index in [4.69, 9.17) is 4.74 Å². The molecule has 9 heteroatoms. The molecule has 0 unspecified atom stereocenters. The fourth-order valence-corrected chi connectivity index (χ4v) is 5.21. The van der Waals surface area contributed by atoms with Gasteiger partial charge in [-0.15, -0.1) is 0 Å². The van der Waals surface area contributed by atoms with Crippen molar-refractivity contribution in [3.8, 4) is 17.6 Å². The number of halogens is 3. The molecule has 1 aliphatic heterocycles. The van der Waals surface area contributed by atoms with Gasteiger partial charge in [-0.1, -0.05) is 11.8 Å². The van der Waals surface area contributed by atoms with Crippen LogP contribution in [0.15, 0.2) is 36.5 Å². The number of nitrogens with zero attached hydrogens (tertiary/aromatic N) is 3. The molecule has 0 bridgehead atoms. The Kier molecular flexibility index (Phi) is 8.66. The van der Waals surface area contributed by atoms with Crippen molar-refractivity contribution in [1.29, 1.82) is 0 Å². The number of carboxylic acids is 1. The summed E-state index contributed by atoms with van der Waals surface area (Å²) in [6.45, 7) is 1.25. The molecule has 6 nitrogen and oxygen atoms in total. The normalized spacial score (nSPS) is 15.0. The first-order valence-corrected chi connectivity index (χ1v) is 12.9. The first-order valence-electron chi connectivity index (χ1n) is 12.9. The molecular formula is C30H32F3N3O3. The van der Waals surface area contributed by atoms with Gasteiger partial charge in [-0.05, 0) is 55.9 Å². The van der Waals surface area contributed by atoms with E-state index >= 15 is 0 Å². The SMILES string of the molecule is COc1ccc2ncc(N(C)C)c(CCCC3(C(=O)O)CCN(CC#Cc4c(F)cc(F)cc4F)CC3)c2c1. The molecule has 0 aliphatic carbocycles. The predicted octanol–water partition coefficient (Wildman–Crippen LogP) is 5.27. The number of rotatable bonds is 8.